The molecule has 1 N–H and O–H groups in total. The van der Waals surface area contributed by atoms with Crippen LogP contribution >= 0.6 is 0 Å². The number of piperidine rings is 1. The number of carbonyl (C=O) groups excluding carboxylic acids is 1. The van der Waals surface area contributed by atoms with Gasteiger partial charge in [-0.05, 0) is 31.0 Å². The highest BCUT2D eigenvalue weighted by molar-refractivity contribution is 5.79. The maximum atomic E-state index is 13.7. The predicted octanol–water partition coefficient (Wildman–Crippen LogP) is 3.42. The van der Waals surface area contributed by atoms with Crippen LogP contribution < -0.4 is 10.2 Å². The fourth-order valence-electron chi connectivity index (χ4n) is 3.57. The van der Waals surface area contributed by atoms with Crippen molar-refractivity contribution in [3.63, 3.8) is 0 Å². The summed E-state index contributed by atoms with van der Waals surface area (Å²) in [5, 5.41) is 10.7. The van der Waals surface area contributed by atoms with Gasteiger partial charge in [0, 0.05) is 37.3 Å². The first-order valence-corrected chi connectivity index (χ1v) is 9.51. The van der Waals surface area contributed by atoms with E-state index in [2.05, 4.69) is 15.5 Å². The second kappa shape index (κ2) is 7.92. The molecule has 6 nitrogen and oxygen atoms in total. The molecular weight excluding hydrogens is 402 g/mol. The van der Waals surface area contributed by atoms with E-state index in [-0.39, 0.29) is 24.2 Å². The fraction of sp³-hybridized carbons (Fsp3) is 0.350. The molecule has 0 unspecified atom stereocenters. The first-order chi connectivity index (χ1) is 14.3. The van der Waals surface area contributed by atoms with Crippen molar-refractivity contribution in [2.75, 3.05) is 18.0 Å². The van der Waals surface area contributed by atoms with Crippen molar-refractivity contribution in [1.29, 1.82) is 0 Å². The van der Waals surface area contributed by atoms with Crippen LogP contribution in [-0.4, -0.2) is 33.6 Å². The molecule has 0 atom stereocenters. The van der Waals surface area contributed by atoms with Crippen LogP contribution in [0.1, 0.15) is 24.0 Å². The zero-order valence-corrected chi connectivity index (χ0v) is 15.9. The minimum atomic E-state index is -4.46. The number of benzene rings is 1. The van der Waals surface area contributed by atoms with Crippen LogP contribution in [0.3, 0.4) is 0 Å². The quantitative estimate of drug-likeness (QED) is 0.656. The van der Waals surface area contributed by atoms with E-state index in [9.17, 15) is 22.4 Å². The number of hydrogen-bond acceptors (Lipinski definition) is 4. The van der Waals surface area contributed by atoms with Gasteiger partial charge in [0.1, 0.15) is 5.82 Å². The number of fused-ring (bicyclic) bond motifs is 1. The molecular formula is C20H19F4N5O. The molecule has 0 bridgehead atoms. The minimum absolute atomic E-state index is 0.112. The Kier molecular flexibility index (Phi) is 5.31. The van der Waals surface area contributed by atoms with Gasteiger partial charge < -0.3 is 10.2 Å². The molecule has 4 rings (SSSR count). The summed E-state index contributed by atoms with van der Waals surface area (Å²) in [4.78, 5) is 14.3. The number of pyridine rings is 1. The number of carbonyl (C=O) groups is 1. The smallest absolute Gasteiger partial charge is 0.352 e. The lowest BCUT2D eigenvalue weighted by molar-refractivity contribution is -0.137. The van der Waals surface area contributed by atoms with Gasteiger partial charge in [0.2, 0.25) is 11.9 Å². The van der Waals surface area contributed by atoms with Gasteiger partial charge in [-0.15, -0.1) is 10.2 Å². The molecule has 10 heteroatoms. The van der Waals surface area contributed by atoms with E-state index in [1.54, 1.807) is 18.2 Å². The average Bonchev–Trinajstić information content (AvgIpc) is 3.16. The number of nitrogens with zero attached hydrogens (tertiary/aromatic N) is 4. The lowest BCUT2D eigenvalue weighted by Crippen LogP contribution is -2.41. The molecule has 0 aliphatic carbocycles. The van der Waals surface area contributed by atoms with Crippen molar-refractivity contribution in [3.8, 4) is 0 Å². The molecule has 1 saturated heterocycles. The number of aromatic nitrogens is 3. The third-order valence-corrected chi connectivity index (χ3v) is 5.27. The normalized spacial score (nSPS) is 15.5. The standard InChI is InChI=1S/C20H19F4N5O/c21-16-4-2-1-3-14(16)11-25-18(30)13-7-9-28(10-8-13)19-27-26-17-6-5-15(12-29(17)19)20(22,23)24/h1-6,12-13H,7-11H2,(H,25,30). The van der Waals surface area contributed by atoms with Crippen LogP contribution in [0.4, 0.5) is 23.5 Å². The Morgan fingerprint density at radius 2 is 1.83 bits per heavy atom. The number of amides is 1. The van der Waals surface area contributed by atoms with E-state index in [1.807, 2.05) is 4.90 Å². The number of nitrogens with one attached hydrogen (secondary N) is 1. The zero-order chi connectivity index (χ0) is 21.3. The van der Waals surface area contributed by atoms with Crippen molar-refractivity contribution >= 4 is 17.5 Å². The molecule has 0 radical (unpaired) electrons. The van der Waals surface area contributed by atoms with Crippen molar-refractivity contribution in [1.82, 2.24) is 19.9 Å². The summed E-state index contributed by atoms with van der Waals surface area (Å²) in [6, 6.07) is 8.50. The predicted molar refractivity (Wildman–Crippen MR) is 101 cm³/mol. The Bertz CT molecular complexity index is 1060. The van der Waals surface area contributed by atoms with Gasteiger partial charge in [0.05, 0.1) is 5.56 Å². The fourth-order valence-corrected chi connectivity index (χ4v) is 3.57. The maximum Gasteiger partial charge on any atom is 0.417 e. The highest BCUT2D eigenvalue weighted by atomic mass is 19.4. The largest absolute Gasteiger partial charge is 0.417 e. The van der Waals surface area contributed by atoms with Crippen LogP contribution in [0.5, 0.6) is 0 Å². The Labute approximate surface area is 169 Å². The van der Waals surface area contributed by atoms with Crippen molar-refractivity contribution in [2.45, 2.75) is 25.6 Å². The molecule has 0 saturated carbocycles. The molecule has 3 heterocycles. The van der Waals surface area contributed by atoms with E-state index in [0.29, 0.717) is 43.1 Å². The molecule has 30 heavy (non-hydrogen) atoms. The highest BCUT2D eigenvalue weighted by Crippen LogP contribution is 2.30. The van der Waals surface area contributed by atoms with E-state index >= 15 is 0 Å². The van der Waals surface area contributed by atoms with Crippen LogP contribution in [0.15, 0.2) is 42.6 Å². The third kappa shape index (κ3) is 4.07. The molecule has 1 aromatic carbocycles. The number of anilines is 1. The van der Waals surface area contributed by atoms with Crippen molar-refractivity contribution in [2.24, 2.45) is 5.92 Å². The summed E-state index contributed by atoms with van der Waals surface area (Å²) in [7, 11) is 0. The molecule has 1 aliphatic rings. The maximum absolute atomic E-state index is 13.7. The van der Waals surface area contributed by atoms with Gasteiger partial charge in [-0.25, -0.2) is 4.39 Å². The van der Waals surface area contributed by atoms with Gasteiger partial charge in [0.15, 0.2) is 5.65 Å². The lowest BCUT2D eigenvalue weighted by Gasteiger charge is -2.31. The van der Waals surface area contributed by atoms with Gasteiger partial charge in [-0.2, -0.15) is 13.2 Å². The number of halogens is 4. The summed E-state index contributed by atoms with van der Waals surface area (Å²) in [6.07, 6.45) is -2.45. The van der Waals surface area contributed by atoms with Gasteiger partial charge in [-0.1, -0.05) is 18.2 Å². The number of hydrogen-bond donors (Lipinski definition) is 1. The van der Waals surface area contributed by atoms with Crippen LogP contribution in [0.2, 0.25) is 0 Å². The first-order valence-electron chi connectivity index (χ1n) is 9.51. The zero-order valence-electron chi connectivity index (χ0n) is 15.9. The van der Waals surface area contributed by atoms with E-state index in [1.165, 1.54) is 16.5 Å². The Morgan fingerprint density at radius 3 is 2.53 bits per heavy atom. The van der Waals surface area contributed by atoms with Gasteiger partial charge >= 0.3 is 6.18 Å². The average molecular weight is 421 g/mol. The van der Waals surface area contributed by atoms with E-state index in [4.69, 9.17) is 0 Å². The topological polar surface area (TPSA) is 62.5 Å². The SMILES string of the molecule is O=C(NCc1ccccc1F)C1CCN(c2nnc3ccc(C(F)(F)F)cn23)CC1. The van der Waals surface area contributed by atoms with E-state index < -0.39 is 11.7 Å². The summed E-state index contributed by atoms with van der Waals surface area (Å²) in [5.74, 6) is -0.466. The summed E-state index contributed by atoms with van der Waals surface area (Å²) >= 11 is 0. The van der Waals surface area contributed by atoms with Crippen LogP contribution in [0.25, 0.3) is 5.65 Å². The molecule has 2 aromatic heterocycles. The molecule has 1 fully saturated rings. The molecule has 3 aromatic rings. The molecule has 0 spiro atoms. The Hall–Kier alpha value is -3.17. The number of rotatable bonds is 4. The highest BCUT2D eigenvalue weighted by Gasteiger charge is 2.32. The summed E-state index contributed by atoms with van der Waals surface area (Å²) in [6.45, 7) is 1.02. The summed E-state index contributed by atoms with van der Waals surface area (Å²) in [5.41, 5.74) is -0.0418. The third-order valence-electron chi connectivity index (χ3n) is 5.27. The second-order valence-corrected chi connectivity index (χ2v) is 7.21. The Balaban J connectivity index is 1.40. The lowest BCUT2D eigenvalue weighted by atomic mass is 9.96. The van der Waals surface area contributed by atoms with Crippen LogP contribution in [0, 0.1) is 11.7 Å². The molecule has 158 valence electrons. The monoisotopic (exact) mass is 421 g/mol. The number of alkyl halides is 3. The first kappa shape index (κ1) is 20.1. The van der Waals surface area contributed by atoms with E-state index in [0.717, 1.165) is 12.3 Å². The van der Waals surface area contributed by atoms with Crippen molar-refractivity contribution in [3.05, 3.63) is 59.5 Å². The summed E-state index contributed by atoms with van der Waals surface area (Å²) < 4.78 is 54.1. The van der Waals surface area contributed by atoms with Gasteiger partial charge in [0.25, 0.3) is 0 Å². The van der Waals surface area contributed by atoms with Gasteiger partial charge in [-0.3, -0.25) is 9.20 Å². The Morgan fingerprint density at radius 1 is 1.10 bits per heavy atom. The van der Waals surface area contributed by atoms with Crippen molar-refractivity contribution < 1.29 is 22.4 Å². The van der Waals surface area contributed by atoms with Crippen LogP contribution in [-0.2, 0) is 17.5 Å². The second-order valence-electron chi connectivity index (χ2n) is 7.21. The molecule has 1 aliphatic heterocycles. The minimum Gasteiger partial charge on any atom is -0.352 e. The molecule has 1 amide bonds.